The van der Waals surface area contributed by atoms with Gasteiger partial charge in [0.15, 0.2) is 5.57 Å². The first-order valence-electron chi connectivity index (χ1n) is 7.10. The Morgan fingerprint density at radius 1 is 1.04 bits per heavy atom. The van der Waals surface area contributed by atoms with Gasteiger partial charge in [0.1, 0.15) is 11.5 Å². The monoisotopic (exact) mass is 323 g/mol. The Balaban J connectivity index is 3.08. The van der Waals surface area contributed by atoms with Crippen LogP contribution in [0.1, 0.15) is 13.8 Å². The van der Waals surface area contributed by atoms with E-state index in [1.54, 1.807) is 32.0 Å². The van der Waals surface area contributed by atoms with Gasteiger partial charge in [-0.3, -0.25) is 0 Å². The zero-order valence-electron chi connectivity index (χ0n) is 13.7. The van der Waals surface area contributed by atoms with Gasteiger partial charge in [-0.1, -0.05) is 0 Å². The second-order valence-electron chi connectivity index (χ2n) is 4.21. The van der Waals surface area contributed by atoms with Crippen LogP contribution >= 0.6 is 0 Å². The van der Waals surface area contributed by atoms with E-state index in [-0.39, 0.29) is 18.8 Å². The smallest absolute Gasteiger partial charge is 0.347 e. The highest BCUT2D eigenvalue weighted by molar-refractivity contribution is 6.14. The number of carbonyl (C=O) groups excluding carboxylic acids is 2. The van der Waals surface area contributed by atoms with Gasteiger partial charge in [-0.25, -0.2) is 9.59 Å². The summed E-state index contributed by atoms with van der Waals surface area (Å²) in [5, 5.41) is 2.85. The van der Waals surface area contributed by atoms with Crippen LogP contribution < -0.4 is 14.8 Å². The molecule has 0 unspecified atom stereocenters. The topological polar surface area (TPSA) is 83.1 Å². The van der Waals surface area contributed by atoms with Crippen molar-refractivity contribution in [3.63, 3.8) is 0 Å². The highest BCUT2D eigenvalue weighted by atomic mass is 16.6. The molecule has 0 amide bonds. The van der Waals surface area contributed by atoms with Crippen LogP contribution in [0.4, 0.5) is 5.69 Å². The lowest BCUT2D eigenvalue weighted by Gasteiger charge is -2.11. The molecule has 0 radical (unpaired) electrons. The summed E-state index contributed by atoms with van der Waals surface area (Å²) in [4.78, 5) is 23.7. The fraction of sp³-hybridized carbons (Fsp3) is 0.375. The molecule has 0 fully saturated rings. The highest BCUT2D eigenvalue weighted by Crippen LogP contribution is 2.29. The Kier molecular flexibility index (Phi) is 7.45. The zero-order chi connectivity index (χ0) is 17.2. The van der Waals surface area contributed by atoms with Gasteiger partial charge in [-0.05, 0) is 26.0 Å². The Bertz CT molecular complexity index is 562. The van der Waals surface area contributed by atoms with E-state index in [0.29, 0.717) is 17.2 Å². The van der Waals surface area contributed by atoms with E-state index in [0.717, 1.165) is 0 Å². The SMILES string of the molecule is CCOC(=O)C(=CNc1cc(OC)ccc1OC)C(=O)OCC. The number of nitrogens with one attached hydrogen (secondary N) is 1. The van der Waals surface area contributed by atoms with Gasteiger partial charge >= 0.3 is 11.9 Å². The van der Waals surface area contributed by atoms with Crippen molar-refractivity contribution in [2.45, 2.75) is 13.8 Å². The number of anilines is 1. The van der Waals surface area contributed by atoms with E-state index in [4.69, 9.17) is 18.9 Å². The number of hydrogen-bond acceptors (Lipinski definition) is 7. The number of ether oxygens (including phenoxy) is 4. The molecule has 0 aliphatic carbocycles. The van der Waals surface area contributed by atoms with Crippen LogP contribution in [0, 0.1) is 0 Å². The summed E-state index contributed by atoms with van der Waals surface area (Å²) in [6.45, 7) is 3.61. The second kappa shape index (κ2) is 9.34. The second-order valence-corrected chi connectivity index (χ2v) is 4.21. The summed E-state index contributed by atoms with van der Waals surface area (Å²) in [5.74, 6) is -0.412. The molecule has 0 saturated carbocycles. The van der Waals surface area contributed by atoms with Crippen LogP contribution in [0.5, 0.6) is 11.5 Å². The molecule has 1 N–H and O–H groups in total. The van der Waals surface area contributed by atoms with Crippen LogP contribution in [0.25, 0.3) is 0 Å². The third-order valence-corrected chi connectivity index (χ3v) is 2.77. The average Bonchev–Trinajstić information content (AvgIpc) is 2.55. The van der Waals surface area contributed by atoms with Crippen molar-refractivity contribution in [1.82, 2.24) is 0 Å². The van der Waals surface area contributed by atoms with Gasteiger partial charge in [0.05, 0.1) is 33.1 Å². The number of methoxy groups -OCH3 is 2. The summed E-state index contributed by atoms with van der Waals surface area (Å²) in [6.07, 6.45) is 1.23. The predicted octanol–water partition coefficient (Wildman–Crippen LogP) is 2.13. The fourth-order valence-corrected chi connectivity index (χ4v) is 1.70. The number of rotatable bonds is 8. The van der Waals surface area contributed by atoms with Crippen molar-refractivity contribution in [2.75, 3.05) is 32.8 Å². The van der Waals surface area contributed by atoms with Gasteiger partial charge in [-0.15, -0.1) is 0 Å². The van der Waals surface area contributed by atoms with E-state index >= 15 is 0 Å². The van der Waals surface area contributed by atoms with Gasteiger partial charge in [0.25, 0.3) is 0 Å². The maximum absolute atomic E-state index is 11.9. The lowest BCUT2D eigenvalue weighted by molar-refractivity contribution is -0.146. The maximum Gasteiger partial charge on any atom is 0.347 e. The average molecular weight is 323 g/mol. The van der Waals surface area contributed by atoms with Gasteiger partial charge in [-0.2, -0.15) is 0 Å². The molecular weight excluding hydrogens is 302 g/mol. The third kappa shape index (κ3) is 5.21. The van der Waals surface area contributed by atoms with E-state index < -0.39 is 11.9 Å². The number of carbonyl (C=O) groups is 2. The van der Waals surface area contributed by atoms with E-state index in [1.165, 1.54) is 20.4 Å². The van der Waals surface area contributed by atoms with Crippen LogP contribution in [0.15, 0.2) is 30.0 Å². The molecule has 0 bridgehead atoms. The first-order chi connectivity index (χ1) is 11.1. The number of hydrogen-bond donors (Lipinski definition) is 1. The van der Waals surface area contributed by atoms with Crippen molar-refractivity contribution in [1.29, 1.82) is 0 Å². The molecule has 1 aromatic rings. The molecule has 126 valence electrons. The molecule has 0 atom stereocenters. The zero-order valence-corrected chi connectivity index (χ0v) is 13.7. The molecule has 0 saturated heterocycles. The molecular formula is C16H21NO6. The fourth-order valence-electron chi connectivity index (χ4n) is 1.70. The minimum atomic E-state index is -0.764. The molecule has 7 nitrogen and oxygen atoms in total. The summed E-state index contributed by atoms with van der Waals surface area (Å²) >= 11 is 0. The summed E-state index contributed by atoms with van der Waals surface area (Å²) < 4.78 is 20.1. The van der Waals surface area contributed by atoms with E-state index in [1.807, 2.05) is 0 Å². The lowest BCUT2D eigenvalue weighted by Crippen LogP contribution is -2.19. The standard InChI is InChI=1S/C16H21NO6/c1-5-22-15(18)12(16(19)23-6-2)10-17-13-9-11(20-3)7-8-14(13)21-4/h7-10,17H,5-6H2,1-4H3. The van der Waals surface area contributed by atoms with Crippen molar-refractivity contribution in [3.8, 4) is 11.5 Å². The summed E-state index contributed by atoms with van der Waals surface area (Å²) in [5.41, 5.74) is 0.288. The van der Waals surface area contributed by atoms with Crippen molar-refractivity contribution in [2.24, 2.45) is 0 Å². The number of esters is 2. The van der Waals surface area contributed by atoms with E-state index in [9.17, 15) is 9.59 Å². The molecule has 7 heteroatoms. The minimum Gasteiger partial charge on any atom is -0.497 e. The normalized spacial score (nSPS) is 9.57. The van der Waals surface area contributed by atoms with Crippen LogP contribution in [0.2, 0.25) is 0 Å². The number of benzene rings is 1. The molecule has 0 spiro atoms. The Labute approximate surface area is 135 Å². The van der Waals surface area contributed by atoms with Gasteiger partial charge in [0, 0.05) is 12.3 Å². The maximum atomic E-state index is 11.9. The van der Waals surface area contributed by atoms with Gasteiger partial charge in [0.2, 0.25) is 0 Å². The van der Waals surface area contributed by atoms with Crippen molar-refractivity contribution in [3.05, 3.63) is 30.0 Å². The molecule has 1 rings (SSSR count). The highest BCUT2D eigenvalue weighted by Gasteiger charge is 2.21. The molecule has 0 heterocycles. The summed E-state index contributed by atoms with van der Waals surface area (Å²) in [6, 6.07) is 5.10. The van der Waals surface area contributed by atoms with Crippen LogP contribution in [0.3, 0.4) is 0 Å². The largest absolute Gasteiger partial charge is 0.497 e. The first kappa shape index (κ1) is 18.3. The van der Waals surface area contributed by atoms with Crippen LogP contribution in [-0.4, -0.2) is 39.4 Å². The molecule has 0 aliphatic rings. The van der Waals surface area contributed by atoms with Crippen molar-refractivity contribution >= 4 is 17.6 Å². The summed E-state index contributed by atoms with van der Waals surface area (Å²) in [7, 11) is 3.04. The lowest BCUT2D eigenvalue weighted by atomic mass is 10.2. The third-order valence-electron chi connectivity index (χ3n) is 2.77. The van der Waals surface area contributed by atoms with Crippen LogP contribution in [-0.2, 0) is 19.1 Å². The molecule has 1 aromatic carbocycles. The Hall–Kier alpha value is -2.70. The van der Waals surface area contributed by atoms with Crippen molar-refractivity contribution < 1.29 is 28.5 Å². The Morgan fingerprint density at radius 3 is 2.13 bits per heavy atom. The minimum absolute atomic E-state index is 0.151. The first-order valence-corrected chi connectivity index (χ1v) is 7.10. The molecule has 0 aromatic heterocycles. The molecule has 0 aliphatic heterocycles. The quantitative estimate of drug-likeness (QED) is 0.339. The Morgan fingerprint density at radius 2 is 1.65 bits per heavy atom. The van der Waals surface area contributed by atoms with E-state index in [2.05, 4.69) is 5.32 Å². The predicted molar refractivity (Wildman–Crippen MR) is 84.5 cm³/mol. The van der Waals surface area contributed by atoms with Gasteiger partial charge < -0.3 is 24.3 Å². The molecule has 23 heavy (non-hydrogen) atoms.